The normalized spacial score (nSPS) is 11.2. The monoisotopic (exact) mass is 564 g/mol. The average molecular weight is 563 g/mol. The van der Waals surface area contributed by atoms with E-state index in [1.54, 1.807) is 8.95 Å². The van der Waals surface area contributed by atoms with Gasteiger partial charge in [0, 0.05) is 0 Å². The van der Waals surface area contributed by atoms with E-state index in [-0.39, 0.29) is 11.4 Å². The van der Waals surface area contributed by atoms with E-state index in [4.69, 9.17) is 0 Å². The number of nitrogens with zero attached hydrogens (tertiary/aromatic N) is 2. The SMILES string of the molecule is O=[N+]([O-])c1cc(C[S][Sn]([c]2ccccc2)([c]2ccccc2)[c]2ccccc2)cc([N+](=O)[O-])c1. The van der Waals surface area contributed by atoms with E-state index in [2.05, 4.69) is 36.4 Å². The quantitative estimate of drug-likeness (QED) is 0.180. The zero-order valence-corrected chi connectivity index (χ0v) is 21.2. The molecule has 4 aromatic carbocycles. The molecule has 0 aliphatic carbocycles. The third-order valence-electron chi connectivity index (χ3n) is 5.38. The van der Waals surface area contributed by atoms with Gasteiger partial charge in [0.15, 0.2) is 0 Å². The molecule has 0 saturated carbocycles. The Kier molecular flexibility index (Phi) is 7.10. The Morgan fingerprint density at radius 1 is 0.606 bits per heavy atom. The van der Waals surface area contributed by atoms with Gasteiger partial charge in [-0.1, -0.05) is 0 Å². The zero-order chi connectivity index (χ0) is 23.3. The fourth-order valence-electron chi connectivity index (χ4n) is 3.91. The molecule has 164 valence electrons. The molecule has 0 aromatic heterocycles. The Morgan fingerprint density at radius 3 is 1.30 bits per heavy atom. The Bertz CT molecular complexity index is 1140. The summed E-state index contributed by atoms with van der Waals surface area (Å²) < 4.78 is 3.78. The molecule has 4 aromatic rings. The van der Waals surface area contributed by atoms with Crippen LogP contribution in [-0.2, 0) is 5.75 Å². The standard InChI is InChI=1S/C7H6N2O4S.3C6H5.Sn/c10-8(11)6-1-5(4-14)2-7(3-6)9(12)13;3*1-2-4-6-5-3-1;/h1-3,14H,4H2;3*1-5H;/q;;;;+1/p-1. The Balaban J connectivity index is 1.87. The summed E-state index contributed by atoms with van der Waals surface area (Å²) in [5.41, 5.74) is 0.0456. The zero-order valence-electron chi connectivity index (χ0n) is 17.5. The van der Waals surface area contributed by atoms with Gasteiger partial charge >= 0.3 is 199 Å². The van der Waals surface area contributed by atoms with Crippen LogP contribution < -0.4 is 10.7 Å². The number of nitro groups is 2. The van der Waals surface area contributed by atoms with Crippen LogP contribution in [0.4, 0.5) is 11.4 Å². The van der Waals surface area contributed by atoms with E-state index in [1.807, 2.05) is 54.6 Å². The molecule has 4 rings (SSSR count). The van der Waals surface area contributed by atoms with Crippen LogP contribution in [0, 0.1) is 20.2 Å². The third-order valence-corrected chi connectivity index (χ3v) is 25.8. The van der Waals surface area contributed by atoms with Gasteiger partial charge in [0.25, 0.3) is 0 Å². The van der Waals surface area contributed by atoms with Crippen molar-refractivity contribution in [1.82, 2.24) is 0 Å². The molecule has 33 heavy (non-hydrogen) atoms. The molecule has 0 heterocycles. The van der Waals surface area contributed by atoms with E-state index >= 15 is 0 Å². The second-order valence-corrected chi connectivity index (χ2v) is 23.4. The number of nitro benzene ring substituents is 2. The van der Waals surface area contributed by atoms with Crippen molar-refractivity contribution in [2.45, 2.75) is 5.75 Å². The van der Waals surface area contributed by atoms with Crippen molar-refractivity contribution in [3.63, 3.8) is 0 Å². The molecule has 0 amide bonds. The number of hydrogen-bond acceptors (Lipinski definition) is 5. The minimum absolute atomic E-state index is 0.264. The van der Waals surface area contributed by atoms with Crippen molar-refractivity contribution in [3.8, 4) is 0 Å². The fraction of sp³-hybridized carbons (Fsp3) is 0.0400. The number of rotatable bonds is 8. The molecule has 0 aliphatic heterocycles. The van der Waals surface area contributed by atoms with Crippen LogP contribution >= 0.6 is 8.95 Å². The van der Waals surface area contributed by atoms with Crippen molar-refractivity contribution < 1.29 is 9.85 Å². The summed E-state index contributed by atoms with van der Waals surface area (Å²) in [7, 11) is 1.79. The van der Waals surface area contributed by atoms with Crippen molar-refractivity contribution in [2.75, 3.05) is 0 Å². The van der Waals surface area contributed by atoms with E-state index in [9.17, 15) is 20.2 Å². The first-order valence-electron chi connectivity index (χ1n) is 10.2. The molecule has 0 spiro atoms. The van der Waals surface area contributed by atoms with Crippen LogP contribution in [0.1, 0.15) is 5.56 Å². The van der Waals surface area contributed by atoms with Crippen molar-refractivity contribution in [2.24, 2.45) is 0 Å². The van der Waals surface area contributed by atoms with Crippen molar-refractivity contribution >= 4 is 48.1 Å². The fourth-order valence-corrected chi connectivity index (χ4v) is 23.8. The molecule has 0 bridgehead atoms. The number of non-ortho nitro benzene ring substituents is 2. The predicted octanol–water partition coefficient (Wildman–Crippen LogP) is 4.40. The molecule has 0 radical (unpaired) electrons. The summed E-state index contributed by atoms with van der Waals surface area (Å²) in [6.45, 7) is 0. The molecule has 0 saturated heterocycles. The van der Waals surface area contributed by atoms with Crippen molar-refractivity contribution in [1.29, 1.82) is 0 Å². The summed E-state index contributed by atoms with van der Waals surface area (Å²) in [6.07, 6.45) is 0. The van der Waals surface area contributed by atoms with Gasteiger partial charge in [-0.05, 0) is 0 Å². The van der Waals surface area contributed by atoms with E-state index in [1.165, 1.54) is 22.9 Å². The van der Waals surface area contributed by atoms with Gasteiger partial charge in [0.2, 0.25) is 0 Å². The molecule has 0 unspecified atom stereocenters. The molecule has 0 atom stereocenters. The molecule has 0 N–H and O–H groups in total. The van der Waals surface area contributed by atoms with Crippen LogP contribution in [0.15, 0.2) is 109 Å². The first-order valence-corrected chi connectivity index (χ1v) is 19.0. The summed E-state index contributed by atoms with van der Waals surface area (Å²) in [5, 5.41) is 22.8. The maximum absolute atomic E-state index is 11.4. The molecule has 6 nitrogen and oxygen atoms in total. The van der Waals surface area contributed by atoms with Crippen LogP contribution in [0.2, 0.25) is 0 Å². The van der Waals surface area contributed by atoms with Crippen molar-refractivity contribution in [3.05, 3.63) is 135 Å². The van der Waals surface area contributed by atoms with E-state index in [0.29, 0.717) is 11.3 Å². The molecular formula is C25H20N2O4SSn. The third kappa shape index (κ3) is 4.94. The second-order valence-electron chi connectivity index (χ2n) is 7.44. The molecule has 8 heteroatoms. The second kappa shape index (κ2) is 10.2. The maximum atomic E-state index is 11.4. The first kappa shape index (κ1) is 23.0. The minimum atomic E-state index is -3.64. The number of hydrogen-bond donors (Lipinski definition) is 0. The van der Waals surface area contributed by atoms with Gasteiger partial charge in [-0.15, -0.1) is 0 Å². The molecule has 0 fully saturated rings. The van der Waals surface area contributed by atoms with E-state index in [0.717, 1.165) is 6.07 Å². The molecular weight excluding hydrogens is 543 g/mol. The first-order chi connectivity index (χ1) is 16.0. The number of benzene rings is 4. The van der Waals surface area contributed by atoms with Gasteiger partial charge in [-0.25, -0.2) is 0 Å². The summed E-state index contributed by atoms with van der Waals surface area (Å²) in [6, 6.07) is 35.0. The van der Waals surface area contributed by atoms with E-state index < -0.39 is 26.8 Å². The van der Waals surface area contributed by atoms with Gasteiger partial charge in [0.1, 0.15) is 0 Å². The summed E-state index contributed by atoms with van der Waals surface area (Å²) in [5.74, 6) is 0.428. The van der Waals surface area contributed by atoms with Gasteiger partial charge in [0.05, 0.1) is 0 Å². The Morgan fingerprint density at radius 2 is 0.970 bits per heavy atom. The molecule has 0 aliphatic rings. The van der Waals surface area contributed by atoms with Gasteiger partial charge in [-0.2, -0.15) is 0 Å². The van der Waals surface area contributed by atoms with Crippen LogP contribution in [0.25, 0.3) is 0 Å². The van der Waals surface area contributed by atoms with Crippen LogP contribution in [0.3, 0.4) is 0 Å². The Labute approximate surface area is 197 Å². The van der Waals surface area contributed by atoms with Crippen LogP contribution in [-0.4, -0.2) is 26.8 Å². The van der Waals surface area contributed by atoms with Crippen LogP contribution in [0.5, 0.6) is 0 Å². The summed E-state index contributed by atoms with van der Waals surface area (Å²) >= 11 is -3.64. The average Bonchev–Trinajstić information content (AvgIpc) is 2.86. The topological polar surface area (TPSA) is 86.3 Å². The van der Waals surface area contributed by atoms with Gasteiger partial charge < -0.3 is 0 Å². The summed E-state index contributed by atoms with van der Waals surface area (Å²) in [4.78, 5) is 21.6. The predicted molar refractivity (Wildman–Crippen MR) is 135 cm³/mol. The Hall–Kier alpha value is -3.17. The van der Waals surface area contributed by atoms with Gasteiger partial charge in [-0.3, -0.25) is 0 Å².